The summed E-state index contributed by atoms with van der Waals surface area (Å²) in [5.41, 5.74) is 5.09. The van der Waals surface area contributed by atoms with Crippen molar-refractivity contribution in [3.05, 3.63) is 0 Å². The fourth-order valence-electron chi connectivity index (χ4n) is 2.64. The number of nitrogens with two attached hydrogens (primary N) is 1. The van der Waals surface area contributed by atoms with Gasteiger partial charge in [-0.25, -0.2) is 4.79 Å². The number of primary amides is 1. The van der Waals surface area contributed by atoms with Gasteiger partial charge in [0.15, 0.2) is 6.04 Å². The number of hydrogen-bond donors (Lipinski definition) is 7. The van der Waals surface area contributed by atoms with Gasteiger partial charge < -0.3 is 37.2 Å². The van der Waals surface area contributed by atoms with E-state index in [2.05, 4.69) is 21.3 Å². The van der Waals surface area contributed by atoms with Gasteiger partial charge in [-0.2, -0.15) is 0 Å². The molecule has 0 aromatic carbocycles. The number of carbonyl (C=O) groups is 5. The maximum absolute atomic E-state index is 12.3. The highest BCUT2D eigenvalue weighted by atomic mass is 16.4. The van der Waals surface area contributed by atoms with Crippen LogP contribution in [-0.2, 0) is 24.0 Å². The van der Waals surface area contributed by atoms with E-state index in [-0.39, 0.29) is 12.8 Å². The number of nitrogens with one attached hydrogen (secondary N) is 4. The minimum Gasteiger partial charge on any atom is -0.480 e. The highest BCUT2D eigenvalue weighted by Gasteiger charge is 2.28. The van der Waals surface area contributed by atoms with Gasteiger partial charge in [-0.3, -0.25) is 19.2 Å². The number of carbonyl (C=O) groups excluding carboxylic acids is 4. The van der Waals surface area contributed by atoms with E-state index < -0.39 is 60.4 Å². The van der Waals surface area contributed by atoms with Crippen LogP contribution in [0.25, 0.3) is 0 Å². The molecule has 1 fully saturated rings. The summed E-state index contributed by atoms with van der Waals surface area (Å²) in [4.78, 5) is 58.3. The standard InChI is InChI=1S/C16H27N5O7/c1-8(22)13(16(27)28)21-12(24)7-19-14(25)10(4-5-11(17)23)20-15(26)9-3-2-6-18-9/h8-10,13,18,22H,2-7H2,1H3,(H2,17,23)(H,19,25)(H,20,26)(H,21,24)(H,27,28). The lowest BCUT2D eigenvalue weighted by Gasteiger charge is -2.21. The summed E-state index contributed by atoms with van der Waals surface area (Å²) >= 11 is 0. The van der Waals surface area contributed by atoms with Crippen molar-refractivity contribution in [2.45, 2.75) is 56.8 Å². The van der Waals surface area contributed by atoms with Crippen molar-refractivity contribution >= 4 is 29.6 Å². The predicted molar refractivity (Wildman–Crippen MR) is 95.6 cm³/mol. The lowest BCUT2D eigenvalue weighted by atomic mass is 10.1. The number of hydrogen-bond acceptors (Lipinski definition) is 7. The number of aliphatic carboxylic acids is 1. The summed E-state index contributed by atoms with van der Waals surface area (Å²) in [7, 11) is 0. The van der Waals surface area contributed by atoms with Crippen molar-refractivity contribution in [1.29, 1.82) is 0 Å². The van der Waals surface area contributed by atoms with Gasteiger partial charge in [0.05, 0.1) is 18.7 Å². The lowest BCUT2D eigenvalue weighted by Crippen LogP contribution is -2.54. The summed E-state index contributed by atoms with van der Waals surface area (Å²) in [6, 6.07) is -3.04. The van der Waals surface area contributed by atoms with Crippen LogP contribution < -0.4 is 27.0 Å². The van der Waals surface area contributed by atoms with Crippen LogP contribution in [0, 0.1) is 0 Å². The fraction of sp³-hybridized carbons (Fsp3) is 0.688. The number of carboxylic acid groups (broad SMARTS) is 1. The van der Waals surface area contributed by atoms with Crippen LogP contribution in [0.1, 0.15) is 32.6 Å². The molecule has 0 aliphatic carbocycles. The Morgan fingerprint density at radius 2 is 1.89 bits per heavy atom. The minimum atomic E-state index is -1.52. The van der Waals surface area contributed by atoms with E-state index >= 15 is 0 Å². The zero-order valence-electron chi connectivity index (χ0n) is 15.6. The normalized spacial score (nSPS) is 19.1. The first-order valence-electron chi connectivity index (χ1n) is 8.91. The summed E-state index contributed by atoms with van der Waals surface area (Å²) in [6.07, 6.45) is -0.0874. The molecule has 4 amide bonds. The summed E-state index contributed by atoms with van der Waals surface area (Å²) in [6.45, 7) is 1.31. The number of aliphatic hydroxyl groups is 1. The second-order valence-corrected chi connectivity index (χ2v) is 6.56. The highest BCUT2D eigenvalue weighted by Crippen LogP contribution is 2.06. The topological polar surface area (TPSA) is 200 Å². The first-order valence-corrected chi connectivity index (χ1v) is 8.91. The molecule has 0 radical (unpaired) electrons. The van der Waals surface area contributed by atoms with Gasteiger partial charge >= 0.3 is 5.97 Å². The molecule has 0 bridgehead atoms. The Balaban J connectivity index is 2.61. The smallest absolute Gasteiger partial charge is 0.328 e. The van der Waals surface area contributed by atoms with Crippen LogP contribution in [0.3, 0.4) is 0 Å². The van der Waals surface area contributed by atoms with Crippen molar-refractivity contribution < 1.29 is 34.2 Å². The molecule has 1 aliphatic rings. The van der Waals surface area contributed by atoms with Crippen molar-refractivity contribution in [2.75, 3.05) is 13.1 Å². The quantitative estimate of drug-likeness (QED) is 0.185. The van der Waals surface area contributed by atoms with E-state index in [9.17, 15) is 29.1 Å². The second-order valence-electron chi connectivity index (χ2n) is 6.56. The van der Waals surface area contributed by atoms with Crippen LogP contribution in [-0.4, -0.2) is 77.1 Å². The molecular formula is C16H27N5O7. The van der Waals surface area contributed by atoms with Crippen LogP contribution in [0.4, 0.5) is 0 Å². The molecule has 12 heteroatoms. The Morgan fingerprint density at radius 3 is 2.39 bits per heavy atom. The molecule has 0 aromatic heterocycles. The average Bonchev–Trinajstić information content (AvgIpc) is 3.14. The maximum Gasteiger partial charge on any atom is 0.328 e. The molecule has 4 unspecified atom stereocenters. The number of carboxylic acids is 1. The van der Waals surface area contributed by atoms with Gasteiger partial charge in [0.2, 0.25) is 23.6 Å². The van der Waals surface area contributed by atoms with Crippen molar-refractivity contribution in [2.24, 2.45) is 5.73 Å². The summed E-state index contributed by atoms with van der Waals surface area (Å²) in [5.74, 6) is -4.02. The van der Waals surface area contributed by atoms with E-state index in [4.69, 9.17) is 10.8 Å². The lowest BCUT2D eigenvalue weighted by molar-refractivity contribution is -0.144. The molecule has 1 heterocycles. The Labute approximate surface area is 161 Å². The molecule has 12 nitrogen and oxygen atoms in total. The van der Waals surface area contributed by atoms with Crippen molar-refractivity contribution in [3.8, 4) is 0 Å². The molecule has 0 aromatic rings. The Morgan fingerprint density at radius 1 is 1.21 bits per heavy atom. The summed E-state index contributed by atoms with van der Waals surface area (Å²) < 4.78 is 0. The largest absolute Gasteiger partial charge is 0.480 e. The van der Waals surface area contributed by atoms with Crippen LogP contribution in [0.2, 0.25) is 0 Å². The van der Waals surface area contributed by atoms with Crippen LogP contribution in [0.15, 0.2) is 0 Å². The van der Waals surface area contributed by atoms with Gasteiger partial charge in [0.25, 0.3) is 0 Å². The Kier molecular flexibility index (Phi) is 9.32. The molecule has 4 atom stereocenters. The third-order valence-electron chi connectivity index (χ3n) is 4.18. The average molecular weight is 401 g/mol. The van der Waals surface area contributed by atoms with Crippen LogP contribution >= 0.6 is 0 Å². The number of rotatable bonds is 11. The monoisotopic (exact) mass is 401 g/mol. The van der Waals surface area contributed by atoms with Gasteiger partial charge in [-0.15, -0.1) is 0 Å². The molecule has 8 N–H and O–H groups in total. The van der Waals surface area contributed by atoms with Crippen LogP contribution in [0.5, 0.6) is 0 Å². The molecule has 1 rings (SSSR count). The first kappa shape index (κ1) is 23.3. The molecule has 158 valence electrons. The molecule has 0 saturated carbocycles. The molecule has 0 spiro atoms. The van der Waals surface area contributed by atoms with E-state index in [1.54, 1.807) is 0 Å². The van der Waals surface area contributed by atoms with E-state index in [0.29, 0.717) is 13.0 Å². The zero-order chi connectivity index (χ0) is 21.3. The van der Waals surface area contributed by atoms with Crippen molar-refractivity contribution in [1.82, 2.24) is 21.3 Å². The molecule has 1 aliphatic heterocycles. The fourth-order valence-corrected chi connectivity index (χ4v) is 2.64. The minimum absolute atomic E-state index is 0.0489. The van der Waals surface area contributed by atoms with E-state index in [1.165, 1.54) is 6.92 Å². The maximum atomic E-state index is 12.3. The van der Waals surface area contributed by atoms with Gasteiger partial charge in [-0.05, 0) is 32.7 Å². The van der Waals surface area contributed by atoms with E-state index in [1.807, 2.05) is 0 Å². The zero-order valence-corrected chi connectivity index (χ0v) is 15.6. The molecule has 1 saturated heterocycles. The Hall–Kier alpha value is -2.73. The Bertz CT molecular complexity index is 604. The SMILES string of the molecule is CC(O)C(NC(=O)CNC(=O)C(CCC(N)=O)NC(=O)C1CCCN1)C(=O)O. The molecular weight excluding hydrogens is 374 g/mol. The highest BCUT2D eigenvalue weighted by molar-refractivity contribution is 5.93. The van der Waals surface area contributed by atoms with E-state index in [0.717, 1.165) is 6.42 Å². The first-order chi connectivity index (χ1) is 13.1. The van der Waals surface area contributed by atoms with Gasteiger partial charge in [0, 0.05) is 6.42 Å². The molecule has 28 heavy (non-hydrogen) atoms. The van der Waals surface area contributed by atoms with Gasteiger partial charge in [0.1, 0.15) is 6.04 Å². The third-order valence-corrected chi connectivity index (χ3v) is 4.18. The third kappa shape index (κ3) is 7.88. The second kappa shape index (κ2) is 11.2. The van der Waals surface area contributed by atoms with Crippen molar-refractivity contribution in [3.63, 3.8) is 0 Å². The summed E-state index contributed by atoms with van der Waals surface area (Å²) in [5, 5.41) is 28.1. The number of amides is 4. The number of aliphatic hydroxyl groups excluding tert-OH is 1. The van der Waals surface area contributed by atoms with Gasteiger partial charge in [-0.1, -0.05) is 0 Å². The predicted octanol–water partition coefficient (Wildman–Crippen LogP) is -3.44.